The number of ether oxygens (including phenoxy) is 3. The van der Waals surface area contributed by atoms with Crippen LogP contribution >= 0.6 is 0 Å². The van der Waals surface area contributed by atoms with Crippen molar-refractivity contribution in [2.45, 2.75) is 19.4 Å². The molecule has 1 atom stereocenters. The lowest BCUT2D eigenvalue weighted by Crippen LogP contribution is -2.20. The highest BCUT2D eigenvalue weighted by Crippen LogP contribution is 2.14. The van der Waals surface area contributed by atoms with Gasteiger partial charge in [0.05, 0.1) is 19.6 Å². The van der Waals surface area contributed by atoms with E-state index < -0.39 is 0 Å². The first-order valence-electron chi connectivity index (χ1n) is 5.78. The number of hydrogen-bond donors (Lipinski definition) is 1. The van der Waals surface area contributed by atoms with Crippen LogP contribution in [-0.4, -0.2) is 32.4 Å². The van der Waals surface area contributed by atoms with E-state index in [4.69, 9.17) is 19.9 Å². The lowest BCUT2D eigenvalue weighted by atomic mass is 10.3. The van der Waals surface area contributed by atoms with Gasteiger partial charge in [-0.1, -0.05) is 6.07 Å². The van der Waals surface area contributed by atoms with E-state index in [-0.39, 0.29) is 25.1 Å². The SMILES string of the molecule is COCC(C)OC(=O)CCOc1cccc(N)c1. The summed E-state index contributed by atoms with van der Waals surface area (Å²) in [5.41, 5.74) is 6.23. The maximum Gasteiger partial charge on any atom is 0.309 e. The third-order valence-corrected chi connectivity index (χ3v) is 2.17. The van der Waals surface area contributed by atoms with Gasteiger partial charge in [-0.05, 0) is 19.1 Å². The van der Waals surface area contributed by atoms with Gasteiger partial charge in [0.2, 0.25) is 0 Å². The van der Waals surface area contributed by atoms with Gasteiger partial charge < -0.3 is 19.9 Å². The Morgan fingerprint density at radius 2 is 2.22 bits per heavy atom. The molecular weight excluding hydrogens is 234 g/mol. The molecule has 0 heterocycles. The van der Waals surface area contributed by atoms with Crippen LogP contribution < -0.4 is 10.5 Å². The summed E-state index contributed by atoms with van der Waals surface area (Å²) in [6, 6.07) is 7.06. The van der Waals surface area contributed by atoms with Crippen LogP contribution in [0.2, 0.25) is 0 Å². The average molecular weight is 253 g/mol. The van der Waals surface area contributed by atoms with E-state index in [0.717, 1.165) is 0 Å². The molecule has 0 aromatic heterocycles. The summed E-state index contributed by atoms with van der Waals surface area (Å²) in [6.07, 6.45) is -0.0436. The fourth-order valence-corrected chi connectivity index (χ4v) is 1.41. The van der Waals surface area contributed by atoms with E-state index in [1.807, 2.05) is 0 Å². The van der Waals surface area contributed by atoms with Crippen LogP contribution in [0, 0.1) is 0 Å². The fraction of sp³-hybridized carbons (Fsp3) is 0.462. The number of carbonyl (C=O) groups excluding carboxylic acids is 1. The molecule has 0 aliphatic rings. The van der Waals surface area contributed by atoms with Gasteiger partial charge in [-0.2, -0.15) is 0 Å². The number of rotatable bonds is 7. The summed E-state index contributed by atoms with van der Waals surface area (Å²) < 4.78 is 15.3. The topological polar surface area (TPSA) is 70.8 Å². The van der Waals surface area contributed by atoms with Crippen molar-refractivity contribution in [2.24, 2.45) is 0 Å². The molecule has 0 saturated carbocycles. The number of hydrogen-bond acceptors (Lipinski definition) is 5. The largest absolute Gasteiger partial charge is 0.493 e. The minimum absolute atomic E-state index is 0.197. The van der Waals surface area contributed by atoms with Crippen LogP contribution in [0.5, 0.6) is 5.75 Å². The molecule has 0 aliphatic carbocycles. The van der Waals surface area contributed by atoms with Gasteiger partial charge in [-0.25, -0.2) is 0 Å². The molecule has 1 rings (SSSR count). The van der Waals surface area contributed by atoms with E-state index >= 15 is 0 Å². The third-order valence-electron chi connectivity index (χ3n) is 2.17. The molecule has 5 nitrogen and oxygen atoms in total. The number of esters is 1. The minimum Gasteiger partial charge on any atom is -0.493 e. The maximum absolute atomic E-state index is 11.4. The highest BCUT2D eigenvalue weighted by Gasteiger charge is 2.09. The van der Waals surface area contributed by atoms with Crippen LogP contribution in [0.15, 0.2) is 24.3 Å². The summed E-state index contributed by atoms with van der Waals surface area (Å²) in [7, 11) is 1.56. The van der Waals surface area contributed by atoms with E-state index in [9.17, 15) is 4.79 Å². The zero-order chi connectivity index (χ0) is 13.4. The normalized spacial score (nSPS) is 11.9. The Balaban J connectivity index is 2.23. The molecule has 0 amide bonds. The van der Waals surface area contributed by atoms with Crippen molar-refractivity contribution in [3.63, 3.8) is 0 Å². The molecule has 0 spiro atoms. The van der Waals surface area contributed by atoms with Crippen LogP contribution in [-0.2, 0) is 14.3 Å². The lowest BCUT2D eigenvalue weighted by molar-refractivity contribution is -0.151. The van der Waals surface area contributed by atoms with Crippen LogP contribution in [0.3, 0.4) is 0 Å². The van der Waals surface area contributed by atoms with Crippen LogP contribution in [0.4, 0.5) is 5.69 Å². The number of benzene rings is 1. The van der Waals surface area contributed by atoms with E-state index in [1.54, 1.807) is 38.3 Å². The summed E-state index contributed by atoms with van der Waals surface area (Å²) in [5.74, 6) is 0.344. The Bertz CT molecular complexity index is 381. The van der Waals surface area contributed by atoms with Crippen molar-refractivity contribution in [3.05, 3.63) is 24.3 Å². The first-order chi connectivity index (χ1) is 8.61. The predicted octanol–water partition coefficient (Wildman–Crippen LogP) is 1.62. The highest BCUT2D eigenvalue weighted by atomic mass is 16.6. The summed E-state index contributed by atoms with van der Waals surface area (Å²) >= 11 is 0. The third kappa shape index (κ3) is 5.54. The van der Waals surface area contributed by atoms with Gasteiger partial charge in [0, 0.05) is 18.9 Å². The van der Waals surface area contributed by atoms with Crippen molar-refractivity contribution < 1.29 is 19.0 Å². The van der Waals surface area contributed by atoms with Crippen molar-refractivity contribution in [1.29, 1.82) is 0 Å². The standard InChI is InChI=1S/C13H19NO4/c1-10(9-16-2)18-13(15)6-7-17-12-5-3-4-11(14)8-12/h3-5,8,10H,6-7,9,14H2,1-2H3. The number of anilines is 1. The Morgan fingerprint density at radius 1 is 1.44 bits per heavy atom. The zero-order valence-electron chi connectivity index (χ0n) is 10.7. The summed E-state index contributed by atoms with van der Waals surface area (Å²) in [6.45, 7) is 2.43. The molecule has 18 heavy (non-hydrogen) atoms. The predicted molar refractivity (Wildman–Crippen MR) is 68.4 cm³/mol. The molecule has 1 unspecified atom stereocenters. The number of methoxy groups -OCH3 is 1. The molecule has 1 aromatic rings. The molecular formula is C13H19NO4. The van der Waals surface area contributed by atoms with Crippen molar-refractivity contribution >= 4 is 11.7 Å². The van der Waals surface area contributed by atoms with Gasteiger partial charge >= 0.3 is 5.97 Å². The maximum atomic E-state index is 11.4. The fourth-order valence-electron chi connectivity index (χ4n) is 1.41. The van der Waals surface area contributed by atoms with E-state index in [2.05, 4.69) is 0 Å². The number of nitrogen functional groups attached to an aromatic ring is 1. The lowest BCUT2D eigenvalue weighted by Gasteiger charge is -2.12. The zero-order valence-corrected chi connectivity index (χ0v) is 10.7. The van der Waals surface area contributed by atoms with Gasteiger partial charge in [0.15, 0.2) is 0 Å². The van der Waals surface area contributed by atoms with Crippen LogP contribution in [0.1, 0.15) is 13.3 Å². The van der Waals surface area contributed by atoms with Crippen molar-refractivity contribution in [2.75, 3.05) is 26.1 Å². The summed E-state index contributed by atoms with van der Waals surface area (Å²) in [4.78, 5) is 11.4. The van der Waals surface area contributed by atoms with E-state index in [1.165, 1.54) is 0 Å². The molecule has 100 valence electrons. The molecule has 5 heteroatoms. The van der Waals surface area contributed by atoms with Crippen molar-refractivity contribution in [1.82, 2.24) is 0 Å². The minimum atomic E-state index is -0.302. The number of carbonyl (C=O) groups is 1. The van der Waals surface area contributed by atoms with Gasteiger partial charge in [0.25, 0.3) is 0 Å². The second-order valence-electron chi connectivity index (χ2n) is 3.93. The average Bonchev–Trinajstić information content (AvgIpc) is 2.29. The molecule has 0 radical (unpaired) electrons. The Morgan fingerprint density at radius 3 is 2.89 bits per heavy atom. The molecule has 0 aliphatic heterocycles. The van der Waals surface area contributed by atoms with Crippen molar-refractivity contribution in [3.8, 4) is 5.75 Å². The smallest absolute Gasteiger partial charge is 0.309 e. The Labute approximate surface area is 107 Å². The van der Waals surface area contributed by atoms with Gasteiger partial charge in [-0.3, -0.25) is 4.79 Å². The Kier molecular flexibility index (Phi) is 6.00. The van der Waals surface area contributed by atoms with Crippen LogP contribution in [0.25, 0.3) is 0 Å². The molecule has 0 fully saturated rings. The highest BCUT2D eigenvalue weighted by molar-refractivity contribution is 5.69. The van der Waals surface area contributed by atoms with Gasteiger partial charge in [0.1, 0.15) is 11.9 Å². The first-order valence-corrected chi connectivity index (χ1v) is 5.78. The molecule has 2 N–H and O–H groups in total. The summed E-state index contributed by atoms with van der Waals surface area (Å²) in [5, 5.41) is 0. The second kappa shape index (κ2) is 7.55. The Hall–Kier alpha value is -1.75. The molecule has 0 saturated heterocycles. The first kappa shape index (κ1) is 14.3. The quantitative estimate of drug-likeness (QED) is 0.590. The second-order valence-corrected chi connectivity index (χ2v) is 3.93. The molecule has 0 bridgehead atoms. The number of nitrogens with two attached hydrogens (primary N) is 1. The van der Waals surface area contributed by atoms with Gasteiger partial charge in [-0.15, -0.1) is 0 Å². The van der Waals surface area contributed by atoms with E-state index in [0.29, 0.717) is 18.0 Å². The molecule has 1 aromatic carbocycles. The monoisotopic (exact) mass is 253 g/mol.